The van der Waals surface area contributed by atoms with Crippen molar-refractivity contribution in [2.24, 2.45) is 0 Å². The first-order valence-corrected chi connectivity index (χ1v) is 17.2. The molecule has 13 nitrogen and oxygen atoms in total. The zero-order valence-electron chi connectivity index (χ0n) is 27.7. The van der Waals surface area contributed by atoms with Gasteiger partial charge in [0.1, 0.15) is 44.0 Å². The van der Waals surface area contributed by atoms with Crippen LogP contribution in [0.4, 0.5) is 11.4 Å². The number of ether oxygens (including phenoxy) is 3. The second kappa shape index (κ2) is 14.4. The molecule has 0 aliphatic carbocycles. The number of halogens is 2. The van der Waals surface area contributed by atoms with Crippen molar-refractivity contribution in [1.29, 1.82) is 0 Å². The van der Waals surface area contributed by atoms with Crippen LogP contribution >= 0.6 is 23.2 Å². The van der Waals surface area contributed by atoms with Gasteiger partial charge in [0.15, 0.2) is 0 Å². The number of aliphatic hydroxyl groups excluding tert-OH is 1. The summed E-state index contributed by atoms with van der Waals surface area (Å²) >= 11 is 12.7. The molecule has 0 radical (unpaired) electrons. The van der Waals surface area contributed by atoms with Crippen molar-refractivity contribution >= 4 is 34.6 Å². The largest absolute Gasteiger partial charge is 0.491 e. The number of anilines is 2. The van der Waals surface area contributed by atoms with E-state index in [2.05, 4.69) is 37.1 Å². The Morgan fingerprint density at radius 3 is 2.20 bits per heavy atom. The van der Waals surface area contributed by atoms with E-state index >= 15 is 0 Å². The molecule has 50 heavy (non-hydrogen) atoms. The molecule has 3 aromatic carbocycles. The van der Waals surface area contributed by atoms with Gasteiger partial charge in [0.25, 0.3) is 0 Å². The van der Waals surface area contributed by atoms with E-state index in [1.54, 1.807) is 37.0 Å². The van der Waals surface area contributed by atoms with Gasteiger partial charge in [-0.05, 0) is 74.5 Å². The van der Waals surface area contributed by atoms with Gasteiger partial charge in [-0.3, -0.25) is 4.57 Å². The summed E-state index contributed by atoms with van der Waals surface area (Å²) in [5.41, 5.74) is 3.27. The van der Waals surface area contributed by atoms with E-state index < -0.39 is 11.9 Å². The van der Waals surface area contributed by atoms with Crippen LogP contribution in [0.5, 0.6) is 5.75 Å². The summed E-state index contributed by atoms with van der Waals surface area (Å²) in [5.74, 6) is -0.433. The van der Waals surface area contributed by atoms with Crippen molar-refractivity contribution in [3.63, 3.8) is 0 Å². The standard InChI is InChI=1S/C35H38Cl2N8O5/c1-24(25(2)46)44-23-40-45(34(44)47)29-6-4-27(5-7-29)41-13-15-42(16-14-41)28-8-10-30(11-9-28)48-18-31-19-49-35(50-31,20-43-22-38-21-39-43)32-12-3-26(36)17-33(32)37/h3-12,17,21-25,31,46H,13-16,18-20H2,1-2H3/t24?,25?,31-,35-/m1/s1. The molecule has 7 rings (SSSR count). The maximum absolute atomic E-state index is 12.8. The second-order valence-corrected chi connectivity index (χ2v) is 13.4. The number of piperazine rings is 1. The van der Waals surface area contributed by atoms with Crippen LogP contribution in [0.2, 0.25) is 10.0 Å². The Bertz CT molecular complexity index is 1940. The lowest BCUT2D eigenvalue weighted by atomic mass is 10.1. The predicted octanol–water partition coefficient (Wildman–Crippen LogP) is 4.55. The van der Waals surface area contributed by atoms with E-state index in [1.807, 2.05) is 42.5 Å². The van der Waals surface area contributed by atoms with E-state index in [1.165, 1.54) is 21.9 Å². The molecule has 2 aliphatic heterocycles. The van der Waals surface area contributed by atoms with Gasteiger partial charge >= 0.3 is 5.69 Å². The molecule has 2 unspecified atom stereocenters. The van der Waals surface area contributed by atoms with Crippen LogP contribution < -0.4 is 20.2 Å². The van der Waals surface area contributed by atoms with Gasteiger partial charge in [-0.15, -0.1) is 0 Å². The average molecular weight is 722 g/mol. The lowest BCUT2D eigenvalue weighted by molar-refractivity contribution is -0.190. The fraction of sp³-hybridized carbons (Fsp3) is 0.371. The molecule has 1 N–H and O–H groups in total. The summed E-state index contributed by atoms with van der Waals surface area (Å²) in [6.45, 7) is 7.73. The van der Waals surface area contributed by atoms with Crippen LogP contribution in [-0.4, -0.2) is 85.8 Å². The Labute approximate surface area is 299 Å². The number of rotatable bonds is 11. The molecule has 2 aromatic heterocycles. The number of nitrogens with zero attached hydrogens (tertiary/aromatic N) is 8. The molecule has 262 valence electrons. The molecule has 5 aromatic rings. The second-order valence-electron chi connectivity index (χ2n) is 12.5. The molecule has 0 bridgehead atoms. The molecule has 4 heterocycles. The molecule has 2 aliphatic rings. The summed E-state index contributed by atoms with van der Waals surface area (Å²) in [7, 11) is 0. The first kappa shape index (κ1) is 34.1. The van der Waals surface area contributed by atoms with Crippen LogP contribution in [0.25, 0.3) is 5.69 Å². The van der Waals surface area contributed by atoms with Gasteiger partial charge in [0.05, 0.1) is 29.5 Å². The van der Waals surface area contributed by atoms with Gasteiger partial charge in [-0.2, -0.15) is 14.9 Å². The van der Waals surface area contributed by atoms with Crippen molar-refractivity contribution in [2.45, 2.75) is 44.4 Å². The van der Waals surface area contributed by atoms with Crippen molar-refractivity contribution in [3.8, 4) is 11.4 Å². The maximum atomic E-state index is 12.8. The number of aliphatic hydroxyl groups is 1. The maximum Gasteiger partial charge on any atom is 0.350 e. The zero-order chi connectivity index (χ0) is 34.8. The average Bonchev–Trinajstić information content (AvgIpc) is 3.88. The van der Waals surface area contributed by atoms with Gasteiger partial charge < -0.3 is 29.1 Å². The minimum atomic E-state index is -1.17. The zero-order valence-corrected chi connectivity index (χ0v) is 29.2. The number of benzene rings is 3. The highest BCUT2D eigenvalue weighted by atomic mass is 35.5. The first-order chi connectivity index (χ1) is 24.2. The molecule has 0 amide bonds. The number of hydrogen-bond acceptors (Lipinski definition) is 10. The van der Waals surface area contributed by atoms with Crippen molar-refractivity contribution in [2.75, 3.05) is 49.2 Å². The third-order valence-electron chi connectivity index (χ3n) is 9.25. The van der Waals surface area contributed by atoms with Gasteiger partial charge in [-0.1, -0.05) is 29.3 Å². The Hall–Kier alpha value is -4.40. The predicted molar refractivity (Wildman–Crippen MR) is 190 cm³/mol. The third kappa shape index (κ3) is 7.10. The molecule has 2 fully saturated rings. The quantitative estimate of drug-likeness (QED) is 0.208. The summed E-state index contributed by atoms with van der Waals surface area (Å²) in [6.07, 6.45) is 3.53. The Morgan fingerprint density at radius 1 is 0.920 bits per heavy atom. The minimum Gasteiger partial charge on any atom is -0.491 e. The van der Waals surface area contributed by atoms with Crippen molar-refractivity contribution < 1.29 is 19.3 Å². The van der Waals surface area contributed by atoms with Crippen LogP contribution in [0.1, 0.15) is 25.5 Å². The SMILES string of the molecule is CC(O)C(C)n1cnn(-c2ccc(N3CCN(c4ccc(OC[C@@H]5CO[C@@](Cn6cncn6)(c6ccc(Cl)cc6Cl)O5)cc4)CC3)cc2)c1=O. The minimum absolute atomic E-state index is 0.261. The summed E-state index contributed by atoms with van der Waals surface area (Å²) in [6, 6.07) is 20.8. The van der Waals surface area contributed by atoms with Crippen molar-refractivity contribution in [3.05, 3.63) is 112 Å². The Kier molecular flexibility index (Phi) is 9.84. The summed E-state index contributed by atoms with van der Waals surface area (Å²) in [5, 5.41) is 19.3. The monoisotopic (exact) mass is 720 g/mol. The lowest BCUT2D eigenvalue weighted by Crippen LogP contribution is -2.46. The highest BCUT2D eigenvalue weighted by Gasteiger charge is 2.45. The highest BCUT2D eigenvalue weighted by molar-refractivity contribution is 6.35. The fourth-order valence-corrected chi connectivity index (χ4v) is 6.81. The van der Waals surface area contributed by atoms with Crippen LogP contribution in [0.3, 0.4) is 0 Å². The van der Waals surface area contributed by atoms with E-state index in [4.69, 9.17) is 37.4 Å². The normalized spacial score (nSPS) is 20.6. The van der Waals surface area contributed by atoms with Crippen LogP contribution in [0.15, 0.2) is 90.5 Å². The van der Waals surface area contributed by atoms with Crippen LogP contribution in [-0.2, 0) is 21.8 Å². The molecule has 4 atom stereocenters. The smallest absolute Gasteiger partial charge is 0.350 e. The topological polar surface area (TPSA) is 125 Å². The van der Waals surface area contributed by atoms with E-state index in [0.29, 0.717) is 34.5 Å². The number of hydrogen-bond donors (Lipinski definition) is 1. The van der Waals surface area contributed by atoms with E-state index in [0.717, 1.165) is 43.3 Å². The highest BCUT2D eigenvalue weighted by Crippen LogP contribution is 2.40. The molecule has 0 spiro atoms. The fourth-order valence-electron chi connectivity index (χ4n) is 6.26. The van der Waals surface area contributed by atoms with Crippen LogP contribution in [0, 0.1) is 0 Å². The number of aromatic nitrogens is 6. The molecule has 15 heteroatoms. The van der Waals surface area contributed by atoms with Gasteiger partial charge in [0.2, 0.25) is 5.79 Å². The molecule has 0 saturated carbocycles. The molecule has 2 saturated heterocycles. The van der Waals surface area contributed by atoms with E-state index in [9.17, 15) is 9.90 Å². The third-order valence-corrected chi connectivity index (χ3v) is 9.79. The Balaban J connectivity index is 0.924. The molecular weight excluding hydrogens is 683 g/mol. The summed E-state index contributed by atoms with van der Waals surface area (Å²) in [4.78, 5) is 21.6. The lowest BCUT2D eigenvalue weighted by Gasteiger charge is -2.37. The van der Waals surface area contributed by atoms with Gasteiger partial charge in [-0.25, -0.2) is 14.5 Å². The Morgan fingerprint density at radius 2 is 1.58 bits per heavy atom. The van der Waals surface area contributed by atoms with E-state index in [-0.39, 0.29) is 24.4 Å². The summed E-state index contributed by atoms with van der Waals surface area (Å²) < 4.78 is 23.3. The first-order valence-electron chi connectivity index (χ1n) is 16.5. The van der Waals surface area contributed by atoms with Crippen molar-refractivity contribution in [1.82, 2.24) is 29.1 Å². The van der Waals surface area contributed by atoms with Gasteiger partial charge in [0, 0.05) is 48.1 Å². The molecular formula is C35H38Cl2N8O5.